The lowest BCUT2D eigenvalue weighted by Crippen LogP contribution is -2.42. The molecular weight excluding hydrogens is 210 g/mol. The number of aliphatic carboxylic acids is 1. The highest BCUT2D eigenvalue weighted by molar-refractivity contribution is 8.00. The smallest absolute Gasteiger partial charge is 0.307 e. The first kappa shape index (κ1) is 12.8. The first-order chi connectivity index (χ1) is 6.94. The quantitative estimate of drug-likeness (QED) is 0.759. The van der Waals surface area contributed by atoms with Crippen LogP contribution >= 0.6 is 11.8 Å². The van der Waals surface area contributed by atoms with Crippen LogP contribution in [0.4, 0.5) is 0 Å². The van der Waals surface area contributed by atoms with E-state index in [1.807, 2.05) is 18.7 Å². The van der Waals surface area contributed by atoms with Crippen LogP contribution in [0, 0.1) is 5.92 Å². The Kier molecular flexibility index (Phi) is 4.46. The number of hydrogen-bond donors (Lipinski definition) is 2. The number of carboxylic acid groups (broad SMARTS) is 1. The zero-order valence-electron chi connectivity index (χ0n) is 9.75. The largest absolute Gasteiger partial charge is 0.481 e. The predicted molar refractivity (Wildman–Crippen MR) is 64.4 cm³/mol. The van der Waals surface area contributed by atoms with Gasteiger partial charge in [0.15, 0.2) is 0 Å². The van der Waals surface area contributed by atoms with Gasteiger partial charge in [-0.2, -0.15) is 11.8 Å². The summed E-state index contributed by atoms with van der Waals surface area (Å²) in [7, 11) is 0. The fourth-order valence-corrected chi connectivity index (χ4v) is 3.00. The van der Waals surface area contributed by atoms with E-state index in [0.29, 0.717) is 4.75 Å². The van der Waals surface area contributed by atoms with Crippen LogP contribution in [0.5, 0.6) is 0 Å². The summed E-state index contributed by atoms with van der Waals surface area (Å²) in [6.07, 6.45) is 2.52. The van der Waals surface area contributed by atoms with Crippen LogP contribution in [0.25, 0.3) is 0 Å². The summed E-state index contributed by atoms with van der Waals surface area (Å²) in [5.74, 6) is 0.195. The SMILES string of the molecule is CC(NCC1(C)CCCS1)C(C)C(=O)O. The third kappa shape index (κ3) is 3.68. The molecule has 15 heavy (non-hydrogen) atoms. The molecule has 1 saturated heterocycles. The zero-order valence-corrected chi connectivity index (χ0v) is 10.6. The predicted octanol–water partition coefficient (Wildman–Crippen LogP) is 1.97. The van der Waals surface area contributed by atoms with Gasteiger partial charge in [0.25, 0.3) is 0 Å². The summed E-state index contributed by atoms with van der Waals surface area (Å²) in [6, 6.07) is 0.0422. The summed E-state index contributed by atoms with van der Waals surface area (Å²) in [6.45, 7) is 6.87. The van der Waals surface area contributed by atoms with Gasteiger partial charge in [0, 0.05) is 17.3 Å². The summed E-state index contributed by atoms with van der Waals surface area (Å²) >= 11 is 2.00. The van der Waals surface area contributed by atoms with E-state index >= 15 is 0 Å². The summed E-state index contributed by atoms with van der Waals surface area (Å²) in [4.78, 5) is 10.8. The van der Waals surface area contributed by atoms with Gasteiger partial charge in [-0.05, 0) is 32.4 Å². The van der Waals surface area contributed by atoms with Crippen LogP contribution in [-0.4, -0.2) is 34.2 Å². The lowest BCUT2D eigenvalue weighted by molar-refractivity contribution is -0.141. The Balaban J connectivity index is 2.33. The number of hydrogen-bond acceptors (Lipinski definition) is 3. The average Bonchev–Trinajstić information content (AvgIpc) is 2.61. The van der Waals surface area contributed by atoms with Crippen LogP contribution in [-0.2, 0) is 4.79 Å². The van der Waals surface area contributed by atoms with Crippen molar-refractivity contribution < 1.29 is 9.90 Å². The third-order valence-electron chi connectivity index (χ3n) is 3.24. The van der Waals surface area contributed by atoms with E-state index in [4.69, 9.17) is 5.11 Å². The molecule has 2 N–H and O–H groups in total. The van der Waals surface area contributed by atoms with Gasteiger partial charge in [-0.15, -0.1) is 0 Å². The van der Waals surface area contributed by atoms with Crippen LogP contribution in [0.15, 0.2) is 0 Å². The molecule has 3 atom stereocenters. The van der Waals surface area contributed by atoms with E-state index < -0.39 is 5.97 Å². The van der Waals surface area contributed by atoms with E-state index in [0.717, 1.165) is 6.54 Å². The number of rotatable bonds is 5. The number of carbonyl (C=O) groups is 1. The van der Waals surface area contributed by atoms with Gasteiger partial charge >= 0.3 is 5.97 Å². The molecule has 1 heterocycles. The average molecular weight is 231 g/mol. The van der Waals surface area contributed by atoms with E-state index in [9.17, 15) is 4.79 Å². The van der Waals surface area contributed by atoms with E-state index in [1.54, 1.807) is 6.92 Å². The lowest BCUT2D eigenvalue weighted by atomic mass is 10.0. The maximum Gasteiger partial charge on any atom is 0.307 e. The molecule has 0 amide bonds. The molecule has 4 heteroatoms. The van der Waals surface area contributed by atoms with Crippen molar-refractivity contribution in [1.82, 2.24) is 5.32 Å². The minimum atomic E-state index is -0.723. The van der Waals surface area contributed by atoms with E-state index in [1.165, 1.54) is 18.6 Å². The Morgan fingerprint density at radius 1 is 1.60 bits per heavy atom. The van der Waals surface area contributed by atoms with Crippen molar-refractivity contribution in [2.75, 3.05) is 12.3 Å². The van der Waals surface area contributed by atoms with Gasteiger partial charge in [0.1, 0.15) is 0 Å². The number of thioether (sulfide) groups is 1. The highest BCUT2D eigenvalue weighted by Gasteiger charge is 2.30. The van der Waals surface area contributed by atoms with Gasteiger partial charge < -0.3 is 10.4 Å². The normalized spacial score (nSPS) is 30.1. The molecule has 1 aliphatic heterocycles. The fraction of sp³-hybridized carbons (Fsp3) is 0.909. The molecule has 3 nitrogen and oxygen atoms in total. The Morgan fingerprint density at radius 3 is 2.73 bits per heavy atom. The molecule has 1 aliphatic rings. The number of carboxylic acids is 1. The lowest BCUT2D eigenvalue weighted by Gasteiger charge is -2.27. The Hall–Kier alpha value is -0.220. The monoisotopic (exact) mass is 231 g/mol. The molecule has 1 rings (SSSR count). The van der Waals surface area contributed by atoms with Crippen LogP contribution < -0.4 is 5.32 Å². The fourth-order valence-electron chi connectivity index (χ4n) is 1.74. The van der Waals surface area contributed by atoms with Crippen molar-refractivity contribution in [2.45, 2.75) is 44.4 Å². The third-order valence-corrected chi connectivity index (χ3v) is 4.78. The summed E-state index contributed by atoms with van der Waals surface area (Å²) in [5.41, 5.74) is 0. The Morgan fingerprint density at radius 2 is 2.27 bits per heavy atom. The molecule has 3 unspecified atom stereocenters. The highest BCUT2D eigenvalue weighted by atomic mass is 32.2. The van der Waals surface area contributed by atoms with E-state index in [2.05, 4.69) is 12.2 Å². The molecule has 0 saturated carbocycles. The summed E-state index contributed by atoms with van der Waals surface area (Å²) < 4.78 is 0.312. The molecule has 0 aromatic carbocycles. The van der Waals surface area contributed by atoms with Crippen LogP contribution in [0.2, 0.25) is 0 Å². The zero-order chi connectivity index (χ0) is 11.5. The van der Waals surface area contributed by atoms with Gasteiger partial charge in [-0.3, -0.25) is 4.79 Å². The first-order valence-corrected chi connectivity index (χ1v) is 6.53. The molecule has 1 fully saturated rings. The molecular formula is C11H21NO2S. The second-order valence-corrected chi connectivity index (χ2v) is 6.38. The van der Waals surface area contributed by atoms with Crippen molar-refractivity contribution >= 4 is 17.7 Å². The van der Waals surface area contributed by atoms with Crippen molar-refractivity contribution in [3.63, 3.8) is 0 Å². The van der Waals surface area contributed by atoms with Gasteiger partial charge in [0.05, 0.1) is 5.92 Å². The van der Waals surface area contributed by atoms with Gasteiger partial charge in [0.2, 0.25) is 0 Å². The maximum atomic E-state index is 10.8. The highest BCUT2D eigenvalue weighted by Crippen LogP contribution is 2.37. The second-order valence-electron chi connectivity index (χ2n) is 4.70. The molecule has 0 aliphatic carbocycles. The molecule has 0 radical (unpaired) electrons. The minimum Gasteiger partial charge on any atom is -0.481 e. The Labute approximate surface area is 96.0 Å². The summed E-state index contributed by atoms with van der Waals surface area (Å²) in [5, 5.41) is 12.2. The molecule has 88 valence electrons. The van der Waals surface area contributed by atoms with Crippen LogP contribution in [0.3, 0.4) is 0 Å². The molecule has 0 spiro atoms. The topological polar surface area (TPSA) is 49.3 Å². The van der Waals surface area contributed by atoms with Crippen molar-refractivity contribution in [3.05, 3.63) is 0 Å². The van der Waals surface area contributed by atoms with Gasteiger partial charge in [-0.25, -0.2) is 0 Å². The molecule has 0 aromatic heterocycles. The molecule has 0 aromatic rings. The van der Waals surface area contributed by atoms with Crippen molar-refractivity contribution in [2.24, 2.45) is 5.92 Å². The van der Waals surface area contributed by atoms with Crippen molar-refractivity contribution in [1.29, 1.82) is 0 Å². The molecule has 0 bridgehead atoms. The second kappa shape index (κ2) is 5.21. The van der Waals surface area contributed by atoms with Gasteiger partial charge in [-0.1, -0.05) is 6.92 Å². The van der Waals surface area contributed by atoms with Crippen LogP contribution in [0.1, 0.15) is 33.6 Å². The van der Waals surface area contributed by atoms with E-state index in [-0.39, 0.29) is 12.0 Å². The van der Waals surface area contributed by atoms with Crippen molar-refractivity contribution in [3.8, 4) is 0 Å². The standard InChI is InChI=1S/C11H21NO2S/c1-8(10(13)14)9(2)12-7-11(3)5-4-6-15-11/h8-9,12H,4-7H2,1-3H3,(H,13,14). The number of nitrogens with one attached hydrogen (secondary N) is 1. The minimum absolute atomic E-state index is 0.0422. The maximum absolute atomic E-state index is 10.8. The Bertz CT molecular complexity index is 227. The first-order valence-electron chi connectivity index (χ1n) is 5.55.